The van der Waals surface area contributed by atoms with Crippen LogP contribution < -0.4 is 16.0 Å². The Kier molecular flexibility index (Phi) is 6.96. The molecule has 132 valence electrons. The number of hydrogen-bond acceptors (Lipinski definition) is 2. The van der Waals surface area contributed by atoms with E-state index in [9.17, 15) is 18.4 Å². The Bertz CT molecular complexity index is 575. The molecule has 5 nitrogen and oxygen atoms in total. The predicted molar refractivity (Wildman–Crippen MR) is 87.6 cm³/mol. The molecule has 1 aromatic rings. The Morgan fingerprint density at radius 2 is 1.88 bits per heavy atom. The van der Waals surface area contributed by atoms with Crippen LogP contribution in [0.5, 0.6) is 0 Å². The van der Waals surface area contributed by atoms with Gasteiger partial charge in [0.15, 0.2) is 0 Å². The molecule has 1 aromatic carbocycles. The van der Waals surface area contributed by atoms with Crippen molar-refractivity contribution in [2.24, 2.45) is 0 Å². The van der Waals surface area contributed by atoms with Gasteiger partial charge in [-0.05, 0) is 31.4 Å². The van der Waals surface area contributed by atoms with Crippen LogP contribution in [0.1, 0.15) is 44.9 Å². The van der Waals surface area contributed by atoms with Gasteiger partial charge in [-0.1, -0.05) is 19.3 Å². The summed E-state index contributed by atoms with van der Waals surface area (Å²) >= 11 is 0. The largest absolute Gasteiger partial charge is 0.338 e. The summed E-state index contributed by atoms with van der Waals surface area (Å²) in [6.07, 6.45) is 6.12. The number of amides is 3. The Hall–Kier alpha value is -2.18. The number of hydrogen-bond donors (Lipinski definition) is 3. The van der Waals surface area contributed by atoms with Crippen LogP contribution in [-0.2, 0) is 4.79 Å². The smallest absolute Gasteiger partial charge is 0.315 e. The van der Waals surface area contributed by atoms with Crippen LogP contribution in [0.4, 0.5) is 19.3 Å². The number of anilines is 1. The number of rotatable bonds is 6. The molecular weight excluding hydrogens is 316 g/mol. The molecule has 24 heavy (non-hydrogen) atoms. The van der Waals surface area contributed by atoms with E-state index in [1.54, 1.807) is 0 Å². The third-order valence-electron chi connectivity index (χ3n) is 4.01. The van der Waals surface area contributed by atoms with Crippen molar-refractivity contribution in [3.05, 3.63) is 29.8 Å². The molecule has 2 rings (SSSR count). The number of nitrogens with one attached hydrogen (secondary N) is 3. The maximum atomic E-state index is 13.4. The molecule has 0 spiro atoms. The van der Waals surface area contributed by atoms with Crippen LogP contribution in [0, 0.1) is 11.6 Å². The number of urea groups is 1. The van der Waals surface area contributed by atoms with Crippen molar-refractivity contribution in [1.82, 2.24) is 10.6 Å². The van der Waals surface area contributed by atoms with Gasteiger partial charge >= 0.3 is 6.03 Å². The van der Waals surface area contributed by atoms with Gasteiger partial charge in [0.05, 0.1) is 5.69 Å². The molecule has 1 aliphatic rings. The topological polar surface area (TPSA) is 70.2 Å². The second-order valence-electron chi connectivity index (χ2n) is 6.01. The Balaban J connectivity index is 1.61. The van der Waals surface area contributed by atoms with E-state index in [1.807, 2.05) is 0 Å². The van der Waals surface area contributed by atoms with Crippen LogP contribution in [0.25, 0.3) is 0 Å². The van der Waals surface area contributed by atoms with Crippen molar-refractivity contribution in [2.45, 2.75) is 51.0 Å². The molecule has 1 saturated carbocycles. The van der Waals surface area contributed by atoms with Crippen LogP contribution in [-0.4, -0.2) is 24.5 Å². The third-order valence-corrected chi connectivity index (χ3v) is 4.01. The molecule has 0 aromatic heterocycles. The van der Waals surface area contributed by atoms with Gasteiger partial charge in [0.1, 0.15) is 11.6 Å². The minimum Gasteiger partial charge on any atom is -0.338 e. The maximum absolute atomic E-state index is 13.4. The fourth-order valence-electron chi connectivity index (χ4n) is 2.74. The fourth-order valence-corrected chi connectivity index (χ4v) is 2.74. The highest BCUT2D eigenvalue weighted by atomic mass is 19.1. The van der Waals surface area contributed by atoms with Crippen molar-refractivity contribution >= 4 is 17.6 Å². The summed E-state index contributed by atoms with van der Waals surface area (Å²) in [5.74, 6) is -1.89. The van der Waals surface area contributed by atoms with Crippen LogP contribution in [0.15, 0.2) is 18.2 Å². The molecule has 0 heterocycles. The Labute approximate surface area is 140 Å². The highest BCUT2D eigenvalue weighted by molar-refractivity contribution is 5.90. The van der Waals surface area contributed by atoms with E-state index in [4.69, 9.17) is 0 Å². The van der Waals surface area contributed by atoms with E-state index in [0.29, 0.717) is 19.0 Å². The molecule has 0 unspecified atom stereocenters. The van der Waals surface area contributed by atoms with E-state index in [0.717, 1.165) is 31.7 Å². The lowest BCUT2D eigenvalue weighted by Crippen LogP contribution is -2.43. The van der Waals surface area contributed by atoms with Gasteiger partial charge < -0.3 is 16.0 Å². The summed E-state index contributed by atoms with van der Waals surface area (Å²) in [6.45, 7) is 0.359. The first-order chi connectivity index (χ1) is 11.5. The van der Waals surface area contributed by atoms with E-state index in [-0.39, 0.29) is 30.1 Å². The first kappa shape index (κ1) is 18.2. The Morgan fingerprint density at radius 1 is 1.12 bits per heavy atom. The Morgan fingerprint density at radius 3 is 2.58 bits per heavy atom. The van der Waals surface area contributed by atoms with E-state index >= 15 is 0 Å². The van der Waals surface area contributed by atoms with Gasteiger partial charge in [-0.25, -0.2) is 13.6 Å². The summed E-state index contributed by atoms with van der Waals surface area (Å²) in [5.41, 5.74) is -0.0515. The summed E-state index contributed by atoms with van der Waals surface area (Å²) in [7, 11) is 0. The van der Waals surface area contributed by atoms with E-state index in [1.165, 1.54) is 12.5 Å². The normalized spacial score (nSPS) is 14.9. The number of carbonyl (C=O) groups is 2. The van der Waals surface area contributed by atoms with Crippen molar-refractivity contribution in [2.75, 3.05) is 11.9 Å². The van der Waals surface area contributed by atoms with Gasteiger partial charge in [-0.15, -0.1) is 0 Å². The molecule has 7 heteroatoms. The first-order valence-corrected chi connectivity index (χ1v) is 8.34. The van der Waals surface area contributed by atoms with Crippen LogP contribution in [0.3, 0.4) is 0 Å². The molecule has 0 bridgehead atoms. The highest BCUT2D eigenvalue weighted by Gasteiger charge is 2.15. The second kappa shape index (κ2) is 9.20. The number of benzene rings is 1. The standard InChI is InChI=1S/C17H23F2N3O2/c18-12-8-9-15(14(19)11-12)22-16(23)7-4-10-20-17(24)21-13-5-2-1-3-6-13/h8-9,11,13H,1-7,10H2,(H,22,23)(H2,20,21,24). The SMILES string of the molecule is O=C(CCCNC(=O)NC1CCCCC1)Nc1ccc(F)cc1F. The fraction of sp³-hybridized carbons (Fsp3) is 0.529. The van der Waals surface area contributed by atoms with Gasteiger partial charge in [0.2, 0.25) is 5.91 Å². The lowest BCUT2D eigenvalue weighted by atomic mass is 9.96. The summed E-state index contributed by atoms with van der Waals surface area (Å²) < 4.78 is 26.2. The summed E-state index contributed by atoms with van der Waals surface area (Å²) in [6, 6.07) is 3.00. The zero-order valence-corrected chi connectivity index (χ0v) is 13.5. The quantitative estimate of drug-likeness (QED) is 0.696. The van der Waals surface area contributed by atoms with Gasteiger partial charge in [0.25, 0.3) is 0 Å². The van der Waals surface area contributed by atoms with Crippen molar-refractivity contribution in [1.29, 1.82) is 0 Å². The molecule has 0 saturated heterocycles. The second-order valence-corrected chi connectivity index (χ2v) is 6.01. The van der Waals surface area contributed by atoms with E-state index in [2.05, 4.69) is 16.0 Å². The van der Waals surface area contributed by atoms with Crippen LogP contribution in [0.2, 0.25) is 0 Å². The molecular formula is C17H23F2N3O2. The lowest BCUT2D eigenvalue weighted by Gasteiger charge is -2.22. The van der Waals surface area contributed by atoms with Crippen LogP contribution >= 0.6 is 0 Å². The molecule has 3 N–H and O–H groups in total. The number of halogens is 2. The minimum absolute atomic E-state index is 0.0515. The zero-order valence-electron chi connectivity index (χ0n) is 13.5. The first-order valence-electron chi connectivity index (χ1n) is 8.34. The van der Waals surface area contributed by atoms with Crippen molar-refractivity contribution < 1.29 is 18.4 Å². The number of carbonyl (C=O) groups excluding carboxylic acids is 2. The molecule has 0 atom stereocenters. The monoisotopic (exact) mass is 339 g/mol. The average Bonchev–Trinajstić information content (AvgIpc) is 2.55. The third kappa shape index (κ3) is 6.14. The lowest BCUT2D eigenvalue weighted by molar-refractivity contribution is -0.116. The van der Waals surface area contributed by atoms with Gasteiger partial charge in [-0.3, -0.25) is 4.79 Å². The summed E-state index contributed by atoms with van der Waals surface area (Å²) in [4.78, 5) is 23.4. The zero-order chi connectivity index (χ0) is 17.4. The predicted octanol–water partition coefficient (Wildman–Crippen LogP) is 3.32. The molecule has 0 radical (unpaired) electrons. The summed E-state index contributed by atoms with van der Waals surface area (Å²) in [5, 5.41) is 8.02. The minimum atomic E-state index is -0.812. The maximum Gasteiger partial charge on any atom is 0.315 e. The van der Waals surface area contributed by atoms with Gasteiger partial charge in [0, 0.05) is 25.1 Å². The molecule has 1 fully saturated rings. The molecule has 1 aliphatic carbocycles. The van der Waals surface area contributed by atoms with Gasteiger partial charge in [-0.2, -0.15) is 0 Å². The molecule has 0 aliphatic heterocycles. The average molecular weight is 339 g/mol. The van der Waals surface area contributed by atoms with Crippen molar-refractivity contribution in [3.8, 4) is 0 Å². The molecule has 3 amide bonds. The van der Waals surface area contributed by atoms with Crippen molar-refractivity contribution in [3.63, 3.8) is 0 Å². The van der Waals surface area contributed by atoms with E-state index < -0.39 is 11.6 Å². The highest BCUT2D eigenvalue weighted by Crippen LogP contribution is 2.17.